The van der Waals surface area contributed by atoms with Gasteiger partial charge in [0.15, 0.2) is 0 Å². The van der Waals surface area contributed by atoms with Crippen molar-refractivity contribution in [2.24, 2.45) is 5.73 Å². The molecule has 1 unspecified atom stereocenters. The molecule has 1 aromatic heterocycles. The summed E-state index contributed by atoms with van der Waals surface area (Å²) in [6.45, 7) is 6.42. The summed E-state index contributed by atoms with van der Waals surface area (Å²) in [5, 5.41) is 10.2. The first-order valence-electron chi connectivity index (χ1n) is 7.13. The van der Waals surface area contributed by atoms with E-state index in [1.165, 1.54) is 11.3 Å². The molecule has 1 aliphatic carbocycles. The number of nitrogens with one attached hydrogen (secondary N) is 2. The van der Waals surface area contributed by atoms with Gasteiger partial charge >= 0.3 is 6.09 Å². The van der Waals surface area contributed by atoms with E-state index in [1.807, 2.05) is 20.8 Å². The summed E-state index contributed by atoms with van der Waals surface area (Å²) < 4.78 is 5.22. The van der Waals surface area contributed by atoms with Crippen molar-refractivity contribution in [1.82, 2.24) is 15.5 Å². The van der Waals surface area contributed by atoms with Crippen LogP contribution in [0.4, 0.5) is 4.79 Å². The van der Waals surface area contributed by atoms with Crippen LogP contribution in [0.1, 0.15) is 50.1 Å². The molecule has 0 aliphatic heterocycles. The third-order valence-corrected chi connectivity index (χ3v) is 3.40. The zero-order chi connectivity index (χ0) is 14.8. The molecule has 1 aromatic rings. The molecule has 4 N–H and O–H groups in total. The topological polar surface area (TPSA) is 93.0 Å². The Kier molecular flexibility index (Phi) is 4.32. The monoisotopic (exact) mass is 280 g/mol. The van der Waals surface area contributed by atoms with Gasteiger partial charge in [-0.25, -0.2) is 4.79 Å². The molecule has 1 heterocycles. The SMILES string of the molecule is CC(C)(C)OC(=O)NCC(CN)c1n[nH]c2c1CCC2. The Morgan fingerprint density at radius 3 is 2.90 bits per heavy atom. The second-order valence-electron chi connectivity index (χ2n) is 6.23. The summed E-state index contributed by atoms with van der Waals surface area (Å²) in [7, 11) is 0. The standard InChI is InChI=1S/C14H24N4O2/c1-14(2,3)20-13(19)16-8-9(7-15)12-10-5-4-6-11(10)17-18-12/h9H,4-8,15H2,1-3H3,(H,16,19)(H,17,18). The van der Waals surface area contributed by atoms with Crippen LogP contribution in [0.3, 0.4) is 0 Å². The lowest BCUT2D eigenvalue weighted by molar-refractivity contribution is 0.0524. The van der Waals surface area contributed by atoms with Crippen LogP contribution in [0.2, 0.25) is 0 Å². The highest BCUT2D eigenvalue weighted by molar-refractivity contribution is 5.67. The van der Waals surface area contributed by atoms with E-state index in [4.69, 9.17) is 10.5 Å². The normalized spacial score (nSPS) is 15.8. The maximum absolute atomic E-state index is 11.7. The van der Waals surface area contributed by atoms with Gasteiger partial charge in [-0.05, 0) is 45.6 Å². The molecule has 1 amide bonds. The van der Waals surface area contributed by atoms with Gasteiger partial charge in [0.2, 0.25) is 0 Å². The molecule has 1 aliphatic rings. The van der Waals surface area contributed by atoms with E-state index in [2.05, 4.69) is 15.5 Å². The third-order valence-electron chi connectivity index (χ3n) is 3.40. The predicted molar refractivity (Wildman–Crippen MR) is 76.6 cm³/mol. The van der Waals surface area contributed by atoms with Gasteiger partial charge < -0.3 is 15.8 Å². The van der Waals surface area contributed by atoms with E-state index in [9.17, 15) is 4.79 Å². The lowest BCUT2D eigenvalue weighted by Gasteiger charge is -2.21. The number of nitrogens with zero attached hydrogens (tertiary/aromatic N) is 1. The minimum atomic E-state index is -0.490. The second-order valence-corrected chi connectivity index (χ2v) is 6.23. The minimum Gasteiger partial charge on any atom is -0.444 e. The Labute approximate surface area is 119 Å². The van der Waals surface area contributed by atoms with Crippen LogP contribution >= 0.6 is 0 Å². The lowest BCUT2D eigenvalue weighted by atomic mass is 10.0. The Bertz CT molecular complexity index is 476. The van der Waals surface area contributed by atoms with Gasteiger partial charge in [-0.3, -0.25) is 5.10 Å². The van der Waals surface area contributed by atoms with Crippen molar-refractivity contribution in [2.45, 2.75) is 51.6 Å². The molecule has 1 atom stereocenters. The lowest BCUT2D eigenvalue weighted by Crippen LogP contribution is -2.36. The van der Waals surface area contributed by atoms with Gasteiger partial charge in [0, 0.05) is 24.7 Å². The maximum Gasteiger partial charge on any atom is 0.407 e. The molecular weight excluding hydrogens is 256 g/mol. The number of alkyl carbamates (subject to hydrolysis) is 1. The quantitative estimate of drug-likeness (QED) is 0.778. The van der Waals surface area contributed by atoms with Crippen molar-refractivity contribution in [3.05, 3.63) is 17.0 Å². The van der Waals surface area contributed by atoms with E-state index in [0.29, 0.717) is 13.1 Å². The average molecular weight is 280 g/mol. The van der Waals surface area contributed by atoms with Crippen molar-refractivity contribution >= 4 is 6.09 Å². The van der Waals surface area contributed by atoms with Crippen LogP contribution in [0.25, 0.3) is 0 Å². The average Bonchev–Trinajstić information content (AvgIpc) is 2.91. The van der Waals surface area contributed by atoms with Gasteiger partial charge in [-0.1, -0.05) is 0 Å². The Morgan fingerprint density at radius 2 is 2.25 bits per heavy atom. The van der Waals surface area contributed by atoms with Gasteiger partial charge in [0.25, 0.3) is 0 Å². The van der Waals surface area contributed by atoms with Gasteiger partial charge in [0.05, 0.1) is 5.69 Å². The van der Waals surface area contributed by atoms with Crippen LogP contribution in [-0.4, -0.2) is 35.0 Å². The van der Waals surface area contributed by atoms with E-state index in [1.54, 1.807) is 0 Å². The number of ether oxygens (including phenoxy) is 1. The zero-order valence-electron chi connectivity index (χ0n) is 12.5. The van der Waals surface area contributed by atoms with Crippen molar-refractivity contribution in [1.29, 1.82) is 0 Å². The third kappa shape index (κ3) is 3.50. The summed E-state index contributed by atoms with van der Waals surface area (Å²) in [6, 6.07) is 0. The van der Waals surface area contributed by atoms with Crippen molar-refractivity contribution in [3.8, 4) is 0 Å². The summed E-state index contributed by atoms with van der Waals surface area (Å²) in [4.78, 5) is 11.7. The fraction of sp³-hybridized carbons (Fsp3) is 0.714. The summed E-state index contributed by atoms with van der Waals surface area (Å²) >= 11 is 0. The Balaban J connectivity index is 1.94. The van der Waals surface area contributed by atoms with Crippen LogP contribution in [0.15, 0.2) is 0 Å². The fourth-order valence-electron chi connectivity index (χ4n) is 2.49. The minimum absolute atomic E-state index is 0.0284. The molecule has 112 valence electrons. The number of rotatable bonds is 4. The summed E-state index contributed by atoms with van der Waals surface area (Å²) in [6.07, 6.45) is 2.85. The molecule has 0 aromatic carbocycles. The second kappa shape index (κ2) is 5.83. The van der Waals surface area contributed by atoms with Gasteiger partial charge in [-0.2, -0.15) is 5.10 Å². The highest BCUT2D eigenvalue weighted by atomic mass is 16.6. The number of H-pyrrole nitrogens is 1. The number of aryl methyl sites for hydroxylation is 1. The maximum atomic E-state index is 11.7. The van der Waals surface area contributed by atoms with Crippen LogP contribution in [0.5, 0.6) is 0 Å². The number of fused-ring (bicyclic) bond motifs is 1. The number of carbonyl (C=O) groups is 1. The number of aromatic nitrogens is 2. The fourth-order valence-corrected chi connectivity index (χ4v) is 2.49. The molecule has 0 saturated carbocycles. The Morgan fingerprint density at radius 1 is 1.50 bits per heavy atom. The highest BCUT2D eigenvalue weighted by Gasteiger charge is 2.24. The van der Waals surface area contributed by atoms with E-state index in [0.717, 1.165) is 25.0 Å². The molecule has 0 spiro atoms. The number of hydrogen-bond donors (Lipinski definition) is 3. The van der Waals surface area contributed by atoms with Crippen LogP contribution in [0, 0.1) is 0 Å². The molecule has 20 heavy (non-hydrogen) atoms. The number of aromatic amines is 1. The first-order chi connectivity index (χ1) is 9.40. The molecular formula is C14H24N4O2. The van der Waals surface area contributed by atoms with E-state index < -0.39 is 11.7 Å². The predicted octanol–water partition coefficient (Wildman–Crippen LogP) is 1.47. The number of hydrogen-bond acceptors (Lipinski definition) is 4. The Hall–Kier alpha value is -1.56. The zero-order valence-corrected chi connectivity index (χ0v) is 12.5. The smallest absolute Gasteiger partial charge is 0.407 e. The number of carbonyl (C=O) groups excluding carboxylic acids is 1. The van der Waals surface area contributed by atoms with Crippen molar-refractivity contribution in [2.75, 3.05) is 13.1 Å². The number of nitrogens with two attached hydrogens (primary N) is 1. The van der Waals surface area contributed by atoms with Crippen LogP contribution < -0.4 is 11.1 Å². The van der Waals surface area contributed by atoms with Crippen LogP contribution in [-0.2, 0) is 17.6 Å². The first-order valence-corrected chi connectivity index (χ1v) is 7.13. The molecule has 0 fully saturated rings. The molecule has 6 heteroatoms. The summed E-state index contributed by atoms with van der Waals surface area (Å²) in [5.41, 5.74) is 8.83. The molecule has 0 saturated heterocycles. The van der Waals surface area contributed by atoms with Crippen molar-refractivity contribution < 1.29 is 9.53 Å². The molecule has 0 radical (unpaired) electrons. The molecule has 2 rings (SSSR count). The van der Waals surface area contributed by atoms with Crippen molar-refractivity contribution in [3.63, 3.8) is 0 Å². The van der Waals surface area contributed by atoms with E-state index in [-0.39, 0.29) is 5.92 Å². The molecule has 6 nitrogen and oxygen atoms in total. The van der Waals surface area contributed by atoms with E-state index >= 15 is 0 Å². The molecule has 0 bridgehead atoms. The largest absolute Gasteiger partial charge is 0.444 e. The number of amides is 1. The van der Waals surface area contributed by atoms with Gasteiger partial charge in [0.1, 0.15) is 5.60 Å². The van der Waals surface area contributed by atoms with Gasteiger partial charge in [-0.15, -0.1) is 0 Å². The summed E-state index contributed by atoms with van der Waals surface area (Å²) in [5.74, 6) is 0.0284. The highest BCUT2D eigenvalue weighted by Crippen LogP contribution is 2.27. The first kappa shape index (κ1) is 14.8.